The van der Waals surface area contributed by atoms with Gasteiger partial charge in [0.1, 0.15) is 0 Å². The van der Waals surface area contributed by atoms with Crippen molar-refractivity contribution >= 4 is 96.0 Å². The second-order valence-electron chi connectivity index (χ2n) is 20.9. The van der Waals surface area contributed by atoms with Crippen LogP contribution >= 0.6 is 31.7 Å². The molecule has 0 aliphatic heterocycles. The molecular weight excluding hydrogens is 1190 g/mol. The van der Waals surface area contributed by atoms with Crippen LogP contribution in [0.2, 0.25) is 0 Å². The molecule has 0 unspecified atom stereocenters. The van der Waals surface area contributed by atoms with Gasteiger partial charge in [0.05, 0.1) is 0 Å². The predicted molar refractivity (Wildman–Crippen MR) is 344 cm³/mol. The van der Waals surface area contributed by atoms with E-state index in [1.165, 1.54) is 188 Å². The van der Waals surface area contributed by atoms with Crippen LogP contribution in [0.1, 0.15) is 151 Å². The molecule has 0 spiro atoms. The second-order valence-corrected chi connectivity index (χ2v) is 30.9. The summed E-state index contributed by atoms with van der Waals surface area (Å²) < 4.78 is 0. The van der Waals surface area contributed by atoms with Crippen LogP contribution in [0.5, 0.6) is 0 Å². The average Bonchev–Trinajstić information content (AvgIpc) is 4.21. The Morgan fingerprint density at radius 3 is 0.539 bits per heavy atom. The Balaban J connectivity index is 0.000000498. The first-order valence-electron chi connectivity index (χ1n) is 28.3. The van der Waals surface area contributed by atoms with Crippen LogP contribution < -0.4 is 46.0 Å². The summed E-state index contributed by atoms with van der Waals surface area (Å²) in [6.07, 6.45) is 21.6. The summed E-state index contributed by atoms with van der Waals surface area (Å²) in [4.78, 5) is 0. The third kappa shape index (κ3) is 19.8. The maximum Gasteiger partial charge on any atom is 2.00 e. The molecule has 8 aromatic carbocycles. The molecule has 0 aromatic heterocycles. The quantitative estimate of drug-likeness (QED) is 0.0527. The minimum Gasteiger partial charge on any atom is -1.00 e. The Labute approximate surface area is 521 Å². The molecule has 76 heavy (non-hydrogen) atoms. The van der Waals surface area contributed by atoms with Crippen LogP contribution in [0, 0.1) is 55.4 Å². The maximum atomic E-state index is 2.47. The molecule has 0 bridgehead atoms. The number of benzene rings is 4. The van der Waals surface area contributed by atoms with Gasteiger partial charge in [-0.15, -0.1) is 135 Å². The molecule has 0 saturated carbocycles. The maximum absolute atomic E-state index is 2.47. The van der Waals surface area contributed by atoms with Crippen LogP contribution in [-0.4, -0.2) is 49.3 Å². The SMILES string of the molecule is CCCP(CCC)c1cc2c(C)ccc(C)c2[cH-]1.CCCP(CCC)c1cc2c(C)ccc(C)c2[cH-]1.CCCP(CCC)c1cc2c(C)ccc(C)c2[cH-]1.CCCP(CCC)c1cc2c(C)ccc(C)c2[cH-]1.[Cl-].[Cl-].[Zr+2].[Zr+2]. The zero-order valence-electron chi connectivity index (χ0n) is 50.1. The van der Waals surface area contributed by atoms with Crippen LogP contribution in [-0.2, 0) is 52.4 Å². The average molecular weight is 1290 g/mol. The van der Waals surface area contributed by atoms with Crippen molar-refractivity contribution in [1.29, 1.82) is 0 Å². The fourth-order valence-electron chi connectivity index (χ4n) is 10.7. The van der Waals surface area contributed by atoms with E-state index in [0.717, 1.165) is 0 Å². The predicted octanol–water partition coefficient (Wildman–Crippen LogP) is 14.4. The van der Waals surface area contributed by atoms with Crippen molar-refractivity contribution in [2.45, 2.75) is 162 Å². The second kappa shape index (κ2) is 37.5. The van der Waals surface area contributed by atoms with Crippen molar-refractivity contribution in [1.82, 2.24) is 0 Å². The summed E-state index contributed by atoms with van der Waals surface area (Å²) in [6, 6.07) is 37.8. The van der Waals surface area contributed by atoms with E-state index in [4.69, 9.17) is 0 Å². The Morgan fingerprint density at radius 2 is 0.408 bits per heavy atom. The van der Waals surface area contributed by atoms with Gasteiger partial charge in [0.2, 0.25) is 0 Å². The fraction of sp³-hybridized carbons (Fsp3) is 0.471. The smallest absolute Gasteiger partial charge is 1.00 e. The van der Waals surface area contributed by atoms with Crippen molar-refractivity contribution in [3.8, 4) is 0 Å². The number of aryl methyl sites for hydroxylation is 8. The summed E-state index contributed by atoms with van der Waals surface area (Å²) in [6.45, 7) is 36.3. The van der Waals surface area contributed by atoms with E-state index < -0.39 is 0 Å². The van der Waals surface area contributed by atoms with E-state index in [9.17, 15) is 0 Å². The van der Waals surface area contributed by atoms with Crippen molar-refractivity contribution in [3.63, 3.8) is 0 Å². The molecule has 0 saturated heterocycles. The Hall–Kier alpha value is -0.614. The summed E-state index contributed by atoms with van der Waals surface area (Å²) in [5.74, 6) is 0. The number of hydrogen-bond donors (Lipinski definition) is 0. The summed E-state index contributed by atoms with van der Waals surface area (Å²) in [5, 5.41) is 18.3. The number of halogens is 2. The Kier molecular flexibility index (Phi) is 36.2. The van der Waals surface area contributed by atoms with Gasteiger partial charge < -0.3 is 24.8 Å². The molecule has 0 aliphatic rings. The van der Waals surface area contributed by atoms with Crippen molar-refractivity contribution in [2.75, 3.05) is 49.3 Å². The van der Waals surface area contributed by atoms with Crippen molar-refractivity contribution in [3.05, 3.63) is 142 Å². The van der Waals surface area contributed by atoms with E-state index in [2.05, 4.69) is 208 Å². The van der Waals surface area contributed by atoms with Crippen LogP contribution in [0.4, 0.5) is 0 Å². The van der Waals surface area contributed by atoms with Crippen LogP contribution in [0.3, 0.4) is 0 Å². The minimum atomic E-state index is 0. The van der Waals surface area contributed by atoms with Gasteiger partial charge in [0.15, 0.2) is 0 Å². The molecule has 0 radical (unpaired) electrons. The number of fused-ring (bicyclic) bond motifs is 4. The summed E-state index contributed by atoms with van der Waals surface area (Å²) in [5.41, 5.74) is 11.4. The molecule has 412 valence electrons. The van der Waals surface area contributed by atoms with E-state index >= 15 is 0 Å². The monoisotopic (exact) mass is 1290 g/mol. The van der Waals surface area contributed by atoms with Gasteiger partial charge in [-0.1, -0.05) is 213 Å². The topological polar surface area (TPSA) is 0 Å². The van der Waals surface area contributed by atoms with Gasteiger partial charge in [-0.25, -0.2) is 0 Å². The number of rotatable bonds is 20. The third-order valence-corrected chi connectivity index (χ3v) is 26.5. The first-order chi connectivity index (χ1) is 34.7. The Morgan fingerprint density at radius 1 is 0.263 bits per heavy atom. The molecule has 0 amide bonds. The van der Waals surface area contributed by atoms with Gasteiger partial charge in [0, 0.05) is 0 Å². The zero-order chi connectivity index (χ0) is 52.5. The van der Waals surface area contributed by atoms with Crippen molar-refractivity contribution < 1.29 is 77.2 Å². The summed E-state index contributed by atoms with van der Waals surface area (Å²) in [7, 11) is 0.290. The molecule has 0 atom stereocenters. The van der Waals surface area contributed by atoms with Gasteiger partial charge in [0.25, 0.3) is 0 Å². The first kappa shape index (κ1) is 73.4. The van der Waals surface area contributed by atoms with Gasteiger partial charge in [-0.3, -0.25) is 0 Å². The molecule has 0 aliphatic carbocycles. The third-order valence-electron chi connectivity index (χ3n) is 14.6. The summed E-state index contributed by atoms with van der Waals surface area (Å²) >= 11 is 0. The Bertz CT molecular complexity index is 2330. The van der Waals surface area contributed by atoms with E-state index in [-0.39, 0.29) is 109 Å². The molecule has 0 N–H and O–H groups in total. The van der Waals surface area contributed by atoms with Gasteiger partial charge >= 0.3 is 52.4 Å². The van der Waals surface area contributed by atoms with Crippen LogP contribution in [0.25, 0.3) is 43.1 Å². The minimum absolute atomic E-state index is 0. The molecular formula is C68H96Cl2P4Zr2-2. The molecule has 8 heteroatoms. The zero-order valence-corrected chi connectivity index (χ0v) is 60.1. The number of hydrogen-bond acceptors (Lipinski definition) is 0. The molecule has 0 heterocycles. The van der Waals surface area contributed by atoms with Gasteiger partial charge in [-0.05, 0) is 77.0 Å². The fourth-order valence-corrected chi connectivity index (χ4v) is 20.4. The van der Waals surface area contributed by atoms with Crippen LogP contribution in [0.15, 0.2) is 97.1 Å². The molecule has 8 aromatic rings. The molecule has 0 nitrogen and oxygen atoms in total. The van der Waals surface area contributed by atoms with E-state index in [1.54, 1.807) is 21.2 Å². The molecule has 8 rings (SSSR count). The van der Waals surface area contributed by atoms with E-state index in [0.29, 0.717) is 0 Å². The van der Waals surface area contributed by atoms with Gasteiger partial charge in [-0.2, -0.15) is 24.3 Å². The standard InChI is InChI=1S/4C17H24P.2ClH.2Zr/c4*1-5-9-18(10-6-2)15-11-16-13(3)7-8-14(4)17(16)12-15;;;;/h4*7-8,11-12H,5-6,9-10H2,1-4H3;2*1H;;/q4*-1;;;2*+2/p-2. The molecule has 0 fully saturated rings. The first-order valence-corrected chi connectivity index (χ1v) is 35.2. The largest absolute Gasteiger partial charge is 2.00 e. The van der Waals surface area contributed by atoms with Crippen molar-refractivity contribution in [2.24, 2.45) is 0 Å². The van der Waals surface area contributed by atoms with E-state index in [1.807, 2.05) is 0 Å². The normalized spacial score (nSPS) is 11.0.